The number of carbonyl (C=O) groups excluding carboxylic acids is 2. The Morgan fingerprint density at radius 2 is 2.00 bits per heavy atom. The summed E-state index contributed by atoms with van der Waals surface area (Å²) in [5.41, 5.74) is 0.623. The Morgan fingerprint density at radius 1 is 1.29 bits per heavy atom. The zero-order valence-corrected chi connectivity index (χ0v) is 12.5. The molecular weight excluding hydrogens is 270 g/mol. The van der Waals surface area contributed by atoms with E-state index in [-0.39, 0.29) is 17.8 Å². The molecule has 1 aromatic carbocycles. The lowest BCUT2D eigenvalue weighted by molar-refractivity contribution is -0.146. The molecule has 1 aliphatic rings. The minimum atomic E-state index is -0.180. The van der Waals surface area contributed by atoms with Gasteiger partial charge in [-0.1, -0.05) is 6.07 Å². The van der Waals surface area contributed by atoms with Gasteiger partial charge in [-0.25, -0.2) is 0 Å². The van der Waals surface area contributed by atoms with Gasteiger partial charge in [0.25, 0.3) is 5.91 Å². The number of ether oxygens (including phenoxy) is 2. The van der Waals surface area contributed by atoms with Gasteiger partial charge in [0.1, 0.15) is 5.75 Å². The van der Waals surface area contributed by atoms with E-state index >= 15 is 0 Å². The number of nitrogens with zero attached hydrogens (tertiary/aromatic N) is 1. The normalized spacial score (nSPS) is 15.6. The van der Waals surface area contributed by atoms with Crippen molar-refractivity contribution in [2.75, 3.05) is 26.8 Å². The van der Waals surface area contributed by atoms with E-state index in [0.717, 1.165) is 0 Å². The van der Waals surface area contributed by atoms with Crippen molar-refractivity contribution in [2.45, 2.75) is 19.8 Å². The van der Waals surface area contributed by atoms with Gasteiger partial charge in [-0.15, -0.1) is 0 Å². The molecule has 1 amide bonds. The highest BCUT2D eigenvalue weighted by Crippen LogP contribution is 2.21. The molecule has 0 bridgehead atoms. The molecule has 0 N–H and O–H groups in total. The fourth-order valence-electron chi connectivity index (χ4n) is 2.55. The Balaban J connectivity index is 1.98. The van der Waals surface area contributed by atoms with Crippen LogP contribution in [0.25, 0.3) is 0 Å². The van der Waals surface area contributed by atoms with E-state index in [0.29, 0.717) is 43.9 Å². The minimum Gasteiger partial charge on any atom is -0.494 e. The number of methoxy groups -OCH3 is 1. The summed E-state index contributed by atoms with van der Waals surface area (Å²) in [7, 11) is 1.40. The molecule has 0 radical (unpaired) electrons. The number of carbonyl (C=O) groups is 2. The van der Waals surface area contributed by atoms with Crippen LogP contribution in [0.15, 0.2) is 24.3 Å². The molecule has 1 aromatic rings. The smallest absolute Gasteiger partial charge is 0.308 e. The number of likely N-dealkylation sites (tertiary alicyclic amines) is 1. The Labute approximate surface area is 124 Å². The summed E-state index contributed by atoms with van der Waals surface area (Å²) in [6.07, 6.45) is 1.31. The number of piperidine rings is 1. The first-order valence-electron chi connectivity index (χ1n) is 7.25. The third-order valence-electron chi connectivity index (χ3n) is 3.71. The maximum Gasteiger partial charge on any atom is 0.308 e. The molecule has 0 saturated carbocycles. The lowest BCUT2D eigenvalue weighted by Crippen LogP contribution is -2.40. The molecule has 5 nitrogen and oxygen atoms in total. The highest BCUT2D eigenvalue weighted by Gasteiger charge is 2.28. The second kappa shape index (κ2) is 7.11. The summed E-state index contributed by atoms with van der Waals surface area (Å²) in [5.74, 6) is 0.418. The van der Waals surface area contributed by atoms with E-state index in [2.05, 4.69) is 0 Å². The third kappa shape index (κ3) is 3.74. The van der Waals surface area contributed by atoms with Crippen LogP contribution < -0.4 is 4.74 Å². The second-order valence-electron chi connectivity index (χ2n) is 5.05. The average molecular weight is 291 g/mol. The van der Waals surface area contributed by atoms with Crippen molar-refractivity contribution < 1.29 is 19.1 Å². The van der Waals surface area contributed by atoms with Crippen molar-refractivity contribution in [3.05, 3.63) is 29.8 Å². The van der Waals surface area contributed by atoms with Gasteiger partial charge in [-0.2, -0.15) is 0 Å². The fraction of sp³-hybridized carbons (Fsp3) is 0.500. The van der Waals surface area contributed by atoms with Crippen LogP contribution in [0.1, 0.15) is 30.1 Å². The molecule has 2 rings (SSSR count). The lowest BCUT2D eigenvalue weighted by atomic mass is 9.96. The van der Waals surface area contributed by atoms with Crippen LogP contribution in [0, 0.1) is 5.92 Å². The molecule has 0 unspecified atom stereocenters. The molecule has 0 aliphatic carbocycles. The van der Waals surface area contributed by atoms with Gasteiger partial charge >= 0.3 is 5.97 Å². The van der Waals surface area contributed by atoms with Crippen LogP contribution >= 0.6 is 0 Å². The number of hydrogen-bond donors (Lipinski definition) is 0. The molecule has 5 heteroatoms. The van der Waals surface area contributed by atoms with Gasteiger partial charge in [0.05, 0.1) is 19.6 Å². The van der Waals surface area contributed by atoms with Crippen LogP contribution in [-0.2, 0) is 9.53 Å². The molecule has 1 saturated heterocycles. The van der Waals surface area contributed by atoms with E-state index in [1.807, 2.05) is 19.1 Å². The van der Waals surface area contributed by atoms with Crippen LogP contribution in [0.3, 0.4) is 0 Å². The van der Waals surface area contributed by atoms with Crippen molar-refractivity contribution in [2.24, 2.45) is 5.92 Å². The zero-order valence-electron chi connectivity index (χ0n) is 12.5. The van der Waals surface area contributed by atoms with Gasteiger partial charge in [-0.05, 0) is 38.0 Å². The predicted molar refractivity (Wildman–Crippen MR) is 78.3 cm³/mol. The van der Waals surface area contributed by atoms with Crippen molar-refractivity contribution in [3.8, 4) is 5.75 Å². The second-order valence-corrected chi connectivity index (χ2v) is 5.05. The van der Waals surface area contributed by atoms with Crippen LogP contribution in [0.4, 0.5) is 0 Å². The number of rotatable bonds is 4. The van der Waals surface area contributed by atoms with Crippen LogP contribution in [0.5, 0.6) is 5.75 Å². The first-order chi connectivity index (χ1) is 10.2. The number of esters is 1. The predicted octanol–water partition coefficient (Wildman–Crippen LogP) is 2.11. The average Bonchev–Trinajstić information content (AvgIpc) is 2.54. The molecule has 1 aliphatic heterocycles. The van der Waals surface area contributed by atoms with Crippen LogP contribution in [0.2, 0.25) is 0 Å². The van der Waals surface area contributed by atoms with Crippen molar-refractivity contribution in [1.82, 2.24) is 4.90 Å². The Kier molecular flexibility index (Phi) is 5.20. The number of amides is 1. The van der Waals surface area contributed by atoms with Gasteiger partial charge < -0.3 is 14.4 Å². The molecule has 0 atom stereocenters. The van der Waals surface area contributed by atoms with Gasteiger partial charge in [0, 0.05) is 18.7 Å². The van der Waals surface area contributed by atoms with Crippen molar-refractivity contribution in [3.63, 3.8) is 0 Å². The molecule has 1 fully saturated rings. The Morgan fingerprint density at radius 3 is 2.62 bits per heavy atom. The van der Waals surface area contributed by atoms with E-state index in [4.69, 9.17) is 9.47 Å². The maximum atomic E-state index is 12.5. The molecule has 114 valence electrons. The Bertz CT molecular complexity index is 507. The van der Waals surface area contributed by atoms with Gasteiger partial charge in [0.15, 0.2) is 0 Å². The van der Waals surface area contributed by atoms with E-state index in [1.54, 1.807) is 17.0 Å². The molecular formula is C16H21NO4. The Hall–Kier alpha value is -2.04. The highest BCUT2D eigenvalue weighted by molar-refractivity contribution is 5.94. The first-order valence-corrected chi connectivity index (χ1v) is 7.25. The SMILES string of the molecule is CCOc1cccc(C(=O)N2CCC(C(=O)OC)CC2)c1. The molecule has 21 heavy (non-hydrogen) atoms. The summed E-state index contributed by atoms with van der Waals surface area (Å²) in [6, 6.07) is 7.21. The zero-order chi connectivity index (χ0) is 15.2. The third-order valence-corrected chi connectivity index (χ3v) is 3.71. The largest absolute Gasteiger partial charge is 0.494 e. The highest BCUT2D eigenvalue weighted by atomic mass is 16.5. The topological polar surface area (TPSA) is 55.8 Å². The number of benzene rings is 1. The summed E-state index contributed by atoms with van der Waals surface area (Å²) < 4.78 is 10.2. The van der Waals surface area contributed by atoms with E-state index in [9.17, 15) is 9.59 Å². The quantitative estimate of drug-likeness (QED) is 0.797. The summed E-state index contributed by atoms with van der Waals surface area (Å²) in [4.78, 5) is 25.7. The lowest BCUT2D eigenvalue weighted by Gasteiger charge is -2.30. The van der Waals surface area contributed by atoms with Gasteiger partial charge in [0.2, 0.25) is 0 Å². The van der Waals surface area contributed by atoms with Crippen molar-refractivity contribution >= 4 is 11.9 Å². The summed E-state index contributed by atoms with van der Waals surface area (Å²) in [5, 5.41) is 0. The van der Waals surface area contributed by atoms with E-state index < -0.39 is 0 Å². The monoisotopic (exact) mass is 291 g/mol. The summed E-state index contributed by atoms with van der Waals surface area (Å²) in [6.45, 7) is 3.64. The van der Waals surface area contributed by atoms with E-state index in [1.165, 1.54) is 7.11 Å². The molecule has 1 heterocycles. The fourth-order valence-corrected chi connectivity index (χ4v) is 2.55. The van der Waals surface area contributed by atoms with Gasteiger partial charge in [-0.3, -0.25) is 9.59 Å². The summed E-state index contributed by atoms with van der Waals surface area (Å²) >= 11 is 0. The molecule has 0 aromatic heterocycles. The minimum absolute atomic E-state index is 0.0140. The maximum absolute atomic E-state index is 12.5. The number of hydrogen-bond acceptors (Lipinski definition) is 4. The molecule has 0 spiro atoms. The standard InChI is InChI=1S/C16H21NO4/c1-3-21-14-6-4-5-13(11-14)15(18)17-9-7-12(8-10-17)16(19)20-2/h4-6,11-12H,3,7-10H2,1-2H3. The van der Waals surface area contributed by atoms with Crippen LogP contribution in [-0.4, -0.2) is 43.6 Å². The first kappa shape index (κ1) is 15.4. The van der Waals surface area contributed by atoms with Crippen molar-refractivity contribution in [1.29, 1.82) is 0 Å².